The number of nitrogens with one attached hydrogen (secondary N) is 1. The van der Waals surface area contributed by atoms with E-state index in [1.54, 1.807) is 12.1 Å². The van der Waals surface area contributed by atoms with Gasteiger partial charge in [-0.3, -0.25) is 4.79 Å². The molecule has 1 amide bonds. The predicted octanol–water partition coefficient (Wildman–Crippen LogP) is 1.14. The van der Waals surface area contributed by atoms with E-state index in [0.29, 0.717) is 12.5 Å². The molecule has 2 aliphatic rings. The molecule has 2 saturated heterocycles. The highest BCUT2D eigenvalue weighted by Crippen LogP contribution is 2.20. The molecule has 2 heterocycles. The van der Waals surface area contributed by atoms with Gasteiger partial charge in [0.15, 0.2) is 0 Å². The highest BCUT2D eigenvalue weighted by molar-refractivity contribution is 7.99. The number of benzene rings is 1. The Morgan fingerprint density at radius 3 is 2.59 bits per heavy atom. The largest absolute Gasteiger partial charge is 0.508 e. The number of phenols is 1. The highest BCUT2D eigenvalue weighted by atomic mass is 32.2. The van der Waals surface area contributed by atoms with Crippen molar-refractivity contribution < 1.29 is 9.90 Å². The minimum Gasteiger partial charge on any atom is -0.508 e. The summed E-state index contributed by atoms with van der Waals surface area (Å²) in [6.07, 6.45) is 0.617. The second-order valence-corrected chi connectivity index (χ2v) is 6.96. The summed E-state index contributed by atoms with van der Waals surface area (Å²) in [7, 11) is 0. The van der Waals surface area contributed by atoms with Crippen LogP contribution in [0.5, 0.6) is 5.75 Å². The first-order valence-corrected chi connectivity index (χ1v) is 9.01. The van der Waals surface area contributed by atoms with Crippen LogP contribution in [0.3, 0.4) is 0 Å². The van der Waals surface area contributed by atoms with Crippen molar-refractivity contribution in [2.45, 2.75) is 12.5 Å². The van der Waals surface area contributed by atoms with Crippen LogP contribution in [0.25, 0.3) is 0 Å². The lowest BCUT2D eigenvalue weighted by Gasteiger charge is -2.37. The summed E-state index contributed by atoms with van der Waals surface area (Å²) in [6.45, 7) is 4.27. The number of hydrogen-bond acceptors (Lipinski definition) is 5. The lowest BCUT2D eigenvalue weighted by atomic mass is 10.2. The summed E-state index contributed by atoms with van der Waals surface area (Å²) in [5, 5.41) is 12.8. The number of rotatable bonds is 3. The standard InChI is InChI=1S/C16H23N3O2S/c20-15-3-1-14(2-4-15)18-6-8-19(9-7-18)16(21)11-13-12-22-10-5-17-13/h1-4,13,17,20H,5-12H2. The Bertz CT molecular complexity index is 495. The third kappa shape index (κ3) is 3.87. The minimum absolute atomic E-state index is 0.269. The van der Waals surface area contributed by atoms with Crippen molar-refractivity contribution in [2.24, 2.45) is 0 Å². The number of anilines is 1. The van der Waals surface area contributed by atoms with Crippen LogP contribution in [-0.4, -0.2) is 66.2 Å². The van der Waals surface area contributed by atoms with Gasteiger partial charge in [-0.1, -0.05) is 0 Å². The summed E-state index contributed by atoms with van der Waals surface area (Å²) in [6, 6.07) is 7.60. The molecule has 0 spiro atoms. The maximum Gasteiger partial charge on any atom is 0.224 e. The van der Waals surface area contributed by atoms with Gasteiger partial charge in [0.2, 0.25) is 5.91 Å². The Morgan fingerprint density at radius 2 is 1.95 bits per heavy atom. The molecule has 0 saturated carbocycles. The SMILES string of the molecule is O=C(CC1CSCCN1)N1CCN(c2ccc(O)cc2)CC1. The number of carbonyl (C=O) groups excluding carboxylic acids is 1. The second kappa shape index (κ2) is 7.24. The molecular weight excluding hydrogens is 298 g/mol. The Hall–Kier alpha value is -1.40. The molecule has 1 unspecified atom stereocenters. The normalized spacial score (nSPS) is 22.6. The van der Waals surface area contributed by atoms with Crippen LogP contribution in [0, 0.1) is 0 Å². The third-order valence-electron chi connectivity index (χ3n) is 4.27. The first kappa shape index (κ1) is 15.5. The van der Waals surface area contributed by atoms with Gasteiger partial charge in [-0.15, -0.1) is 0 Å². The minimum atomic E-state index is 0.269. The summed E-state index contributed by atoms with van der Waals surface area (Å²) >= 11 is 1.93. The van der Waals surface area contributed by atoms with Crippen LogP contribution >= 0.6 is 11.8 Å². The molecule has 5 nitrogen and oxygen atoms in total. The van der Waals surface area contributed by atoms with E-state index in [0.717, 1.165) is 49.9 Å². The van der Waals surface area contributed by atoms with Crippen molar-refractivity contribution in [1.82, 2.24) is 10.2 Å². The molecule has 1 atom stereocenters. The Kier molecular flexibility index (Phi) is 5.10. The van der Waals surface area contributed by atoms with Crippen molar-refractivity contribution in [3.05, 3.63) is 24.3 Å². The van der Waals surface area contributed by atoms with Gasteiger partial charge in [-0.2, -0.15) is 11.8 Å². The number of aromatic hydroxyl groups is 1. The van der Waals surface area contributed by atoms with Crippen LogP contribution in [0.15, 0.2) is 24.3 Å². The van der Waals surface area contributed by atoms with E-state index in [2.05, 4.69) is 10.2 Å². The van der Waals surface area contributed by atoms with E-state index in [1.165, 1.54) is 0 Å². The fraction of sp³-hybridized carbons (Fsp3) is 0.562. The average molecular weight is 321 g/mol. The van der Waals surface area contributed by atoms with Gasteiger partial charge in [0.05, 0.1) is 0 Å². The van der Waals surface area contributed by atoms with Gasteiger partial charge >= 0.3 is 0 Å². The fourth-order valence-electron chi connectivity index (χ4n) is 2.97. The molecule has 0 aliphatic carbocycles. The zero-order valence-corrected chi connectivity index (χ0v) is 13.5. The zero-order chi connectivity index (χ0) is 15.4. The van der Waals surface area contributed by atoms with Gasteiger partial charge in [0, 0.05) is 62.4 Å². The van der Waals surface area contributed by atoms with Crippen molar-refractivity contribution in [1.29, 1.82) is 0 Å². The molecule has 1 aromatic rings. The monoisotopic (exact) mass is 321 g/mol. The highest BCUT2D eigenvalue weighted by Gasteiger charge is 2.24. The molecule has 3 rings (SSSR count). The maximum atomic E-state index is 12.4. The molecule has 0 bridgehead atoms. The number of phenolic OH excluding ortho intramolecular Hbond substituents is 1. The van der Waals surface area contributed by atoms with Gasteiger partial charge in [-0.05, 0) is 24.3 Å². The number of carbonyl (C=O) groups is 1. The van der Waals surface area contributed by atoms with E-state index < -0.39 is 0 Å². The molecule has 2 fully saturated rings. The van der Waals surface area contributed by atoms with E-state index in [-0.39, 0.29) is 11.7 Å². The summed E-state index contributed by atoms with van der Waals surface area (Å²) in [4.78, 5) is 16.6. The van der Waals surface area contributed by atoms with E-state index in [1.807, 2.05) is 28.8 Å². The molecule has 2 N–H and O–H groups in total. The fourth-order valence-corrected chi connectivity index (χ4v) is 3.92. The van der Waals surface area contributed by atoms with Crippen molar-refractivity contribution in [3.8, 4) is 5.75 Å². The molecule has 22 heavy (non-hydrogen) atoms. The summed E-state index contributed by atoms with van der Waals surface area (Å²) in [5.41, 5.74) is 1.11. The molecule has 2 aliphatic heterocycles. The van der Waals surface area contributed by atoms with Crippen molar-refractivity contribution in [3.63, 3.8) is 0 Å². The predicted molar refractivity (Wildman–Crippen MR) is 90.6 cm³/mol. The van der Waals surface area contributed by atoms with Crippen LogP contribution in [0.1, 0.15) is 6.42 Å². The Balaban J connectivity index is 1.48. The van der Waals surface area contributed by atoms with Gasteiger partial charge in [0.1, 0.15) is 5.75 Å². The molecular formula is C16H23N3O2S. The first-order valence-electron chi connectivity index (χ1n) is 7.85. The summed E-state index contributed by atoms with van der Waals surface area (Å²) in [5.74, 6) is 2.75. The van der Waals surface area contributed by atoms with Gasteiger partial charge < -0.3 is 20.2 Å². The number of amides is 1. The number of piperazine rings is 1. The lowest BCUT2D eigenvalue weighted by molar-refractivity contribution is -0.131. The zero-order valence-electron chi connectivity index (χ0n) is 12.7. The smallest absolute Gasteiger partial charge is 0.224 e. The second-order valence-electron chi connectivity index (χ2n) is 5.81. The number of hydrogen-bond donors (Lipinski definition) is 2. The molecule has 6 heteroatoms. The Morgan fingerprint density at radius 1 is 1.23 bits per heavy atom. The Labute approximate surface area is 135 Å². The maximum absolute atomic E-state index is 12.4. The lowest BCUT2D eigenvalue weighted by Crippen LogP contribution is -2.50. The van der Waals surface area contributed by atoms with Crippen LogP contribution < -0.4 is 10.2 Å². The summed E-state index contributed by atoms with van der Waals surface area (Å²) < 4.78 is 0. The average Bonchev–Trinajstić information content (AvgIpc) is 2.57. The number of nitrogens with zero attached hydrogens (tertiary/aromatic N) is 2. The van der Waals surface area contributed by atoms with Crippen LogP contribution in [0.2, 0.25) is 0 Å². The van der Waals surface area contributed by atoms with Gasteiger partial charge in [-0.25, -0.2) is 0 Å². The first-order chi connectivity index (χ1) is 10.7. The van der Waals surface area contributed by atoms with E-state index in [9.17, 15) is 9.90 Å². The topological polar surface area (TPSA) is 55.8 Å². The quantitative estimate of drug-likeness (QED) is 0.874. The van der Waals surface area contributed by atoms with E-state index >= 15 is 0 Å². The molecule has 0 aromatic heterocycles. The molecule has 0 radical (unpaired) electrons. The molecule has 1 aromatic carbocycles. The van der Waals surface area contributed by atoms with Gasteiger partial charge in [0.25, 0.3) is 0 Å². The van der Waals surface area contributed by atoms with E-state index in [4.69, 9.17) is 0 Å². The third-order valence-corrected chi connectivity index (χ3v) is 5.40. The van der Waals surface area contributed by atoms with Crippen molar-refractivity contribution in [2.75, 3.05) is 49.1 Å². The number of thioether (sulfide) groups is 1. The molecule has 120 valence electrons. The van der Waals surface area contributed by atoms with Crippen LogP contribution in [0.4, 0.5) is 5.69 Å². The van der Waals surface area contributed by atoms with Crippen LogP contribution in [-0.2, 0) is 4.79 Å². The van der Waals surface area contributed by atoms with Crippen molar-refractivity contribution >= 4 is 23.4 Å².